The molecule has 8 heteroatoms. The Bertz CT molecular complexity index is 515. The van der Waals surface area contributed by atoms with Crippen molar-refractivity contribution >= 4 is 16.1 Å². The van der Waals surface area contributed by atoms with Crippen molar-refractivity contribution in [2.45, 2.75) is 45.8 Å². The number of carbonyl (C=O) groups excluding carboxylic acids is 1. The van der Waals surface area contributed by atoms with Crippen molar-refractivity contribution < 1.29 is 17.9 Å². The van der Waals surface area contributed by atoms with Crippen molar-refractivity contribution in [3.8, 4) is 0 Å². The molecule has 2 heterocycles. The molecule has 1 N–H and O–H groups in total. The molecule has 7 nitrogen and oxygen atoms in total. The van der Waals surface area contributed by atoms with Crippen LogP contribution >= 0.6 is 0 Å². The van der Waals surface area contributed by atoms with E-state index in [9.17, 15) is 13.2 Å². The lowest BCUT2D eigenvalue weighted by Crippen LogP contribution is -2.48. The van der Waals surface area contributed by atoms with Crippen LogP contribution in [-0.4, -0.2) is 68.4 Å². The molecule has 0 saturated carbocycles. The largest absolute Gasteiger partial charge is 0.381 e. The second-order valence-corrected chi connectivity index (χ2v) is 8.80. The fraction of sp³-hybridized carbons (Fsp3) is 0.933. The van der Waals surface area contributed by atoms with Gasteiger partial charge in [-0.2, -0.15) is 17.0 Å². The number of amides is 1. The van der Waals surface area contributed by atoms with Crippen molar-refractivity contribution in [2.75, 3.05) is 33.3 Å². The van der Waals surface area contributed by atoms with Gasteiger partial charge in [-0.25, -0.2) is 0 Å². The SMILES string of the molecule is COC1CCN(S(=O)(=O)N2C[C@@H](NC(C)=O)[C@H](C(C)C)C2)CC1. The molecule has 0 aromatic rings. The predicted molar refractivity (Wildman–Crippen MR) is 88.0 cm³/mol. The Morgan fingerprint density at radius 3 is 2.26 bits per heavy atom. The molecule has 2 aliphatic rings. The lowest BCUT2D eigenvalue weighted by atomic mass is 9.91. The lowest BCUT2D eigenvalue weighted by molar-refractivity contribution is -0.119. The van der Waals surface area contributed by atoms with Gasteiger partial charge in [0, 0.05) is 46.3 Å². The molecule has 0 aliphatic carbocycles. The summed E-state index contributed by atoms with van der Waals surface area (Å²) >= 11 is 0. The zero-order valence-electron chi connectivity index (χ0n) is 14.5. The van der Waals surface area contributed by atoms with Crippen molar-refractivity contribution in [3.63, 3.8) is 0 Å². The van der Waals surface area contributed by atoms with Crippen LogP contribution in [0.15, 0.2) is 0 Å². The van der Waals surface area contributed by atoms with Gasteiger partial charge in [0.1, 0.15) is 0 Å². The van der Waals surface area contributed by atoms with Gasteiger partial charge in [-0.15, -0.1) is 0 Å². The van der Waals surface area contributed by atoms with E-state index in [2.05, 4.69) is 19.2 Å². The number of nitrogens with one attached hydrogen (secondary N) is 1. The van der Waals surface area contributed by atoms with E-state index in [1.165, 1.54) is 11.2 Å². The first-order chi connectivity index (χ1) is 10.8. The van der Waals surface area contributed by atoms with Gasteiger partial charge < -0.3 is 10.1 Å². The summed E-state index contributed by atoms with van der Waals surface area (Å²) in [6, 6.07) is -0.112. The Hall–Kier alpha value is -0.700. The summed E-state index contributed by atoms with van der Waals surface area (Å²) in [6.45, 7) is 7.43. The topological polar surface area (TPSA) is 79.0 Å². The zero-order chi connectivity index (χ0) is 17.2. The molecule has 0 unspecified atom stereocenters. The summed E-state index contributed by atoms with van der Waals surface area (Å²) in [4.78, 5) is 11.4. The van der Waals surface area contributed by atoms with Crippen molar-refractivity contribution in [3.05, 3.63) is 0 Å². The lowest BCUT2D eigenvalue weighted by Gasteiger charge is -2.33. The molecule has 23 heavy (non-hydrogen) atoms. The number of piperidine rings is 1. The zero-order valence-corrected chi connectivity index (χ0v) is 15.3. The fourth-order valence-electron chi connectivity index (χ4n) is 3.53. The van der Waals surface area contributed by atoms with Crippen LogP contribution in [-0.2, 0) is 19.7 Å². The molecule has 0 aromatic carbocycles. The highest BCUT2D eigenvalue weighted by atomic mass is 32.2. The Morgan fingerprint density at radius 2 is 1.78 bits per heavy atom. The molecule has 2 atom stereocenters. The summed E-state index contributed by atoms with van der Waals surface area (Å²) in [7, 11) is -1.80. The van der Waals surface area contributed by atoms with Crippen molar-refractivity contribution in [2.24, 2.45) is 11.8 Å². The van der Waals surface area contributed by atoms with E-state index < -0.39 is 10.2 Å². The van der Waals surface area contributed by atoms with Crippen LogP contribution in [0.2, 0.25) is 0 Å². The maximum atomic E-state index is 12.9. The summed E-state index contributed by atoms with van der Waals surface area (Å²) in [5.74, 6) is 0.345. The Kier molecular flexibility index (Phi) is 6.05. The van der Waals surface area contributed by atoms with Crippen molar-refractivity contribution in [1.82, 2.24) is 13.9 Å². The molecule has 2 rings (SSSR count). The second-order valence-electron chi connectivity index (χ2n) is 6.87. The number of nitrogens with zero attached hydrogens (tertiary/aromatic N) is 2. The van der Waals surface area contributed by atoms with Crippen LogP contribution in [0.25, 0.3) is 0 Å². The standard InChI is InChI=1S/C15H29N3O4S/c1-11(2)14-9-18(10-15(14)16-12(3)19)23(20,21)17-7-5-13(22-4)6-8-17/h11,13-15H,5-10H2,1-4H3,(H,16,19)/t14-,15+/m0/s1. The fourth-order valence-corrected chi connectivity index (χ4v) is 5.24. The number of hydrogen-bond donors (Lipinski definition) is 1. The molecule has 1 amide bonds. The molecular weight excluding hydrogens is 318 g/mol. The average molecular weight is 347 g/mol. The van der Waals surface area contributed by atoms with Gasteiger partial charge in [0.15, 0.2) is 0 Å². The molecule has 0 bridgehead atoms. The molecular formula is C15H29N3O4S. The van der Waals surface area contributed by atoms with E-state index >= 15 is 0 Å². The summed E-state index contributed by atoms with van der Waals surface area (Å²) < 4.78 is 34.2. The van der Waals surface area contributed by atoms with Gasteiger partial charge in [0.25, 0.3) is 10.2 Å². The van der Waals surface area contributed by atoms with Gasteiger partial charge >= 0.3 is 0 Å². The van der Waals surface area contributed by atoms with Crippen LogP contribution < -0.4 is 5.32 Å². The van der Waals surface area contributed by atoms with Crippen LogP contribution in [0.1, 0.15) is 33.6 Å². The Labute approximate surface area is 139 Å². The molecule has 0 aromatic heterocycles. The highest BCUT2D eigenvalue weighted by Crippen LogP contribution is 2.29. The van der Waals surface area contributed by atoms with Gasteiger partial charge in [-0.05, 0) is 24.7 Å². The van der Waals surface area contributed by atoms with E-state index in [1.807, 2.05) is 0 Å². The number of hydrogen-bond acceptors (Lipinski definition) is 4. The van der Waals surface area contributed by atoms with Crippen molar-refractivity contribution in [1.29, 1.82) is 0 Å². The van der Waals surface area contributed by atoms with Crippen LogP contribution in [0.3, 0.4) is 0 Å². The Balaban J connectivity index is 2.07. The quantitative estimate of drug-likeness (QED) is 0.782. The molecule has 2 saturated heterocycles. The van der Waals surface area contributed by atoms with E-state index in [0.717, 1.165) is 12.8 Å². The first-order valence-corrected chi connectivity index (χ1v) is 9.70. The van der Waals surface area contributed by atoms with Gasteiger partial charge in [-0.3, -0.25) is 4.79 Å². The first-order valence-electron chi connectivity index (χ1n) is 8.30. The number of methoxy groups -OCH3 is 1. The smallest absolute Gasteiger partial charge is 0.282 e. The van der Waals surface area contributed by atoms with Crippen LogP contribution in [0.4, 0.5) is 0 Å². The van der Waals surface area contributed by atoms with E-state index in [0.29, 0.717) is 32.1 Å². The number of carbonyl (C=O) groups is 1. The van der Waals surface area contributed by atoms with Crippen LogP contribution in [0, 0.1) is 11.8 Å². The second kappa shape index (κ2) is 7.46. The summed E-state index contributed by atoms with van der Waals surface area (Å²) in [5, 5.41) is 2.91. The van der Waals surface area contributed by atoms with E-state index in [1.54, 1.807) is 11.4 Å². The number of rotatable bonds is 5. The third-order valence-corrected chi connectivity index (χ3v) is 6.93. The minimum absolute atomic E-state index is 0.110. The van der Waals surface area contributed by atoms with Gasteiger partial charge in [0.05, 0.1) is 6.10 Å². The monoisotopic (exact) mass is 347 g/mol. The highest BCUT2D eigenvalue weighted by Gasteiger charge is 2.43. The molecule has 0 spiro atoms. The average Bonchev–Trinajstić information content (AvgIpc) is 2.91. The molecule has 2 aliphatic heterocycles. The number of ether oxygens (including phenoxy) is 1. The van der Waals surface area contributed by atoms with E-state index in [-0.39, 0.29) is 24.0 Å². The maximum absolute atomic E-state index is 12.9. The minimum Gasteiger partial charge on any atom is -0.381 e. The predicted octanol–water partition coefficient (Wildman–Crippen LogP) is 0.435. The van der Waals surface area contributed by atoms with E-state index in [4.69, 9.17) is 4.74 Å². The van der Waals surface area contributed by atoms with Gasteiger partial charge in [0.2, 0.25) is 5.91 Å². The third-order valence-electron chi connectivity index (χ3n) is 4.96. The summed E-state index contributed by atoms with van der Waals surface area (Å²) in [6.07, 6.45) is 1.61. The minimum atomic E-state index is -3.47. The normalized spacial score (nSPS) is 28.4. The molecule has 134 valence electrons. The Morgan fingerprint density at radius 1 is 1.17 bits per heavy atom. The maximum Gasteiger partial charge on any atom is 0.282 e. The van der Waals surface area contributed by atoms with Gasteiger partial charge in [-0.1, -0.05) is 13.8 Å². The first kappa shape index (κ1) is 18.6. The van der Waals surface area contributed by atoms with Crippen LogP contribution in [0.5, 0.6) is 0 Å². The summed E-state index contributed by atoms with van der Waals surface area (Å²) in [5.41, 5.74) is 0. The third kappa shape index (κ3) is 4.23. The molecule has 2 fully saturated rings. The molecule has 0 radical (unpaired) electrons. The highest BCUT2D eigenvalue weighted by molar-refractivity contribution is 7.86.